The number of nitrogens with zero attached hydrogens (tertiary/aromatic N) is 7. The van der Waals surface area contributed by atoms with Crippen LogP contribution in [0.2, 0.25) is 0 Å². The molecule has 2 aliphatic carbocycles. The molecule has 3 aromatic carbocycles. The van der Waals surface area contributed by atoms with E-state index in [2.05, 4.69) is 69.9 Å². The van der Waals surface area contributed by atoms with Crippen LogP contribution in [0.4, 0.5) is 4.79 Å². The number of fused-ring (bicyclic) bond motifs is 6. The first-order chi connectivity index (χ1) is 34.2. The van der Waals surface area contributed by atoms with Crippen LogP contribution in [-0.4, -0.2) is 118 Å². The number of aromatic nitrogens is 4. The van der Waals surface area contributed by atoms with Gasteiger partial charge in [0.05, 0.1) is 36.8 Å². The van der Waals surface area contributed by atoms with Crippen molar-refractivity contribution >= 4 is 23.9 Å². The highest BCUT2D eigenvalue weighted by molar-refractivity contribution is 5.89. The van der Waals surface area contributed by atoms with Gasteiger partial charge in [-0.1, -0.05) is 76.4 Å². The van der Waals surface area contributed by atoms with Crippen LogP contribution >= 0.6 is 0 Å². The number of guanidine groups is 1. The van der Waals surface area contributed by atoms with E-state index in [-0.39, 0.29) is 29.8 Å². The van der Waals surface area contributed by atoms with E-state index in [4.69, 9.17) is 24.4 Å². The number of methoxy groups -OCH3 is 1. The summed E-state index contributed by atoms with van der Waals surface area (Å²) in [5, 5.41) is 2.72. The molecule has 3 N–H and O–H groups in total. The third-order valence-electron chi connectivity index (χ3n) is 15.0. The fourth-order valence-corrected chi connectivity index (χ4v) is 11.3. The Morgan fingerprint density at radius 2 is 1.65 bits per heavy atom. The highest BCUT2D eigenvalue weighted by Crippen LogP contribution is 2.46. The maximum atomic E-state index is 15.0. The van der Waals surface area contributed by atoms with Crippen LogP contribution in [0.1, 0.15) is 143 Å². The van der Waals surface area contributed by atoms with E-state index >= 15 is 0 Å². The van der Waals surface area contributed by atoms with Crippen molar-refractivity contribution in [3.8, 4) is 39.4 Å². The van der Waals surface area contributed by atoms with Gasteiger partial charge in [-0.25, -0.2) is 19.8 Å². The summed E-state index contributed by atoms with van der Waals surface area (Å²) < 4.78 is 11.4. The number of benzene rings is 3. The first-order valence-electron chi connectivity index (χ1n) is 25.8. The Kier molecular flexibility index (Phi) is 14.6. The third-order valence-corrected chi connectivity index (χ3v) is 15.0. The molecule has 1 saturated heterocycles. The lowest BCUT2D eigenvalue weighted by atomic mass is 9.83. The van der Waals surface area contributed by atoms with Crippen LogP contribution in [0.25, 0.3) is 33.6 Å². The zero-order chi connectivity index (χ0) is 50.1. The minimum absolute atomic E-state index is 0.00236. The van der Waals surface area contributed by atoms with E-state index in [1.54, 1.807) is 4.90 Å². The van der Waals surface area contributed by atoms with Crippen LogP contribution in [0.15, 0.2) is 65.8 Å². The molecule has 4 heterocycles. The minimum atomic E-state index is -0.733. The molecule has 9 rings (SSSR count). The highest BCUT2D eigenvalue weighted by atomic mass is 16.5. The summed E-state index contributed by atoms with van der Waals surface area (Å²) in [6.07, 6.45) is 11.6. The van der Waals surface area contributed by atoms with Crippen LogP contribution in [0.5, 0.6) is 5.75 Å². The van der Waals surface area contributed by atoms with E-state index in [1.165, 1.54) is 50.3 Å². The average Bonchev–Trinajstić information content (AvgIpc) is 4.17. The number of aryl methyl sites for hydroxylation is 2. The number of ether oxygens (including phenoxy) is 2. The molecule has 0 bridgehead atoms. The molecule has 4 aliphatic rings. The Morgan fingerprint density at radius 1 is 0.887 bits per heavy atom. The van der Waals surface area contributed by atoms with E-state index in [1.807, 2.05) is 76.8 Å². The molecular formula is C56H72N10O5. The summed E-state index contributed by atoms with van der Waals surface area (Å²) in [5.41, 5.74) is 11.7. The summed E-state index contributed by atoms with van der Waals surface area (Å²) in [6.45, 7) is 9.35. The van der Waals surface area contributed by atoms with Gasteiger partial charge in [-0.2, -0.15) is 0 Å². The zero-order valence-corrected chi connectivity index (χ0v) is 43.1. The third kappa shape index (κ3) is 10.0. The fourth-order valence-electron chi connectivity index (χ4n) is 11.3. The number of amides is 3. The average molecular weight is 965 g/mol. The Balaban J connectivity index is 0.943. The zero-order valence-electron chi connectivity index (χ0n) is 43.1. The molecule has 71 heavy (non-hydrogen) atoms. The van der Waals surface area contributed by atoms with Crippen molar-refractivity contribution in [3.05, 3.63) is 100 Å². The molecule has 1 saturated carbocycles. The molecule has 4 atom stereocenters. The molecule has 2 aliphatic heterocycles. The SMILES string of the molecule is CCCN(C(=O)C(NC(=O)OC)C(C)C)C(C)c1ncc(-c2ccc3c(c2)COc2cc4c(cc2-3)CCc2[nH]c(C3CCCN3C(=O)C(N=C(N(C)C)N(C)C)c3ccc(C5CCCCC5)cc3)nc2-4)[nH]1. The maximum absolute atomic E-state index is 15.0. The molecule has 0 radical (unpaired) electrons. The smallest absolute Gasteiger partial charge is 0.407 e. The van der Waals surface area contributed by atoms with Crippen molar-refractivity contribution in [2.75, 3.05) is 48.4 Å². The van der Waals surface area contributed by atoms with E-state index in [0.717, 1.165) is 100 Å². The van der Waals surface area contributed by atoms with Crippen molar-refractivity contribution in [1.82, 2.24) is 44.9 Å². The number of aliphatic imine (C=N–C) groups is 1. The maximum Gasteiger partial charge on any atom is 0.407 e. The Labute approximate surface area is 418 Å². The number of imidazole rings is 2. The number of hydrogen-bond donors (Lipinski definition) is 3. The lowest BCUT2D eigenvalue weighted by Crippen LogP contribution is -2.52. The van der Waals surface area contributed by atoms with Crippen molar-refractivity contribution < 1.29 is 23.9 Å². The first-order valence-corrected chi connectivity index (χ1v) is 25.8. The monoisotopic (exact) mass is 965 g/mol. The Morgan fingerprint density at radius 3 is 2.35 bits per heavy atom. The van der Waals surface area contributed by atoms with Gasteiger partial charge in [-0.05, 0) is 115 Å². The second-order valence-electron chi connectivity index (χ2n) is 20.7. The summed E-state index contributed by atoms with van der Waals surface area (Å²) in [4.78, 5) is 71.1. The number of alkyl carbamates (subject to hydrolysis) is 1. The van der Waals surface area contributed by atoms with Crippen molar-refractivity contribution in [2.24, 2.45) is 10.9 Å². The Bertz CT molecular complexity index is 2760. The summed E-state index contributed by atoms with van der Waals surface area (Å²) >= 11 is 0. The number of likely N-dealkylation sites (tertiary alicyclic amines) is 1. The van der Waals surface area contributed by atoms with Gasteiger partial charge in [0.2, 0.25) is 5.91 Å². The molecule has 15 heteroatoms. The lowest BCUT2D eigenvalue weighted by Gasteiger charge is -2.33. The van der Waals surface area contributed by atoms with Crippen molar-refractivity contribution in [1.29, 1.82) is 0 Å². The molecule has 2 fully saturated rings. The van der Waals surface area contributed by atoms with Gasteiger partial charge < -0.3 is 44.4 Å². The second kappa shape index (κ2) is 21.0. The number of rotatable bonds is 13. The molecular weight excluding hydrogens is 893 g/mol. The lowest BCUT2D eigenvalue weighted by molar-refractivity contribution is -0.137. The molecule has 5 aromatic rings. The highest BCUT2D eigenvalue weighted by Gasteiger charge is 2.39. The molecule has 2 aromatic heterocycles. The van der Waals surface area contributed by atoms with Gasteiger partial charge in [-0.15, -0.1) is 0 Å². The number of nitrogens with one attached hydrogen (secondary N) is 3. The van der Waals surface area contributed by atoms with Crippen molar-refractivity contribution in [2.45, 2.75) is 129 Å². The molecule has 4 unspecified atom stereocenters. The summed E-state index contributed by atoms with van der Waals surface area (Å²) in [7, 11) is 9.19. The van der Waals surface area contributed by atoms with E-state index in [9.17, 15) is 14.4 Å². The first kappa shape index (κ1) is 49.3. The standard InChI is InChI=1S/C56H72N10O5/c1-10-26-65(53(67)48(33(2)3)62-56(69)70-9)34(4)51-57-31-45(59-51)39-22-24-41-40(28-39)32-71-47-30-42-38(29-43(41)47)23-25-44-50(42)60-52(58-44)46-17-14-27-66(46)54(68)49(61-55(63(5)6)64(7)8)37-20-18-36(19-21-37)35-15-12-11-13-16-35/h18-22,24,28-31,33-35,46,48-49H,10-17,23,25-27,32H2,1-9H3,(H,57,59)(H,58,60)(H,62,69). The van der Waals surface area contributed by atoms with Crippen LogP contribution in [0, 0.1) is 5.92 Å². The van der Waals surface area contributed by atoms with E-state index < -0.39 is 18.2 Å². The molecule has 0 spiro atoms. The van der Waals surface area contributed by atoms with Gasteiger partial charge in [0.25, 0.3) is 5.91 Å². The molecule has 3 amide bonds. The number of carbonyl (C=O) groups excluding carboxylic acids is 3. The van der Waals surface area contributed by atoms with Crippen LogP contribution in [-0.2, 0) is 33.8 Å². The quantitative estimate of drug-likeness (QED) is 0.0770. The van der Waals surface area contributed by atoms with E-state index in [0.29, 0.717) is 31.4 Å². The number of aromatic amines is 2. The Hall–Kier alpha value is -6.64. The van der Waals surface area contributed by atoms with Gasteiger partial charge >= 0.3 is 6.09 Å². The summed E-state index contributed by atoms with van der Waals surface area (Å²) in [5.74, 6) is 3.32. The largest absolute Gasteiger partial charge is 0.488 e. The van der Waals surface area contributed by atoms with Crippen LogP contribution in [0.3, 0.4) is 0 Å². The number of H-pyrrole nitrogens is 2. The normalized spacial score (nSPS) is 17.4. The fraction of sp³-hybridized carbons (Fsp3) is 0.500. The van der Waals surface area contributed by atoms with Crippen molar-refractivity contribution in [3.63, 3.8) is 0 Å². The number of hydrogen-bond acceptors (Lipinski definition) is 8. The predicted molar refractivity (Wildman–Crippen MR) is 277 cm³/mol. The van der Waals surface area contributed by atoms with Gasteiger partial charge in [0, 0.05) is 58.1 Å². The van der Waals surface area contributed by atoms with Gasteiger partial charge in [-0.3, -0.25) is 9.59 Å². The molecule has 376 valence electrons. The molecule has 15 nitrogen and oxygen atoms in total. The predicted octanol–water partition coefficient (Wildman–Crippen LogP) is 9.74. The topological polar surface area (TPSA) is 164 Å². The second-order valence-corrected chi connectivity index (χ2v) is 20.7. The van der Waals surface area contributed by atoms with Gasteiger partial charge in [0.15, 0.2) is 12.0 Å². The number of carbonyl (C=O) groups is 3. The van der Waals surface area contributed by atoms with Crippen LogP contribution < -0.4 is 10.1 Å². The minimum Gasteiger partial charge on any atom is -0.488 e. The van der Waals surface area contributed by atoms with Gasteiger partial charge in [0.1, 0.15) is 30.0 Å². The summed E-state index contributed by atoms with van der Waals surface area (Å²) in [6, 6.07) is 17.6.